The highest BCUT2D eigenvalue weighted by molar-refractivity contribution is 5.95. The Labute approximate surface area is 132 Å². The number of rotatable bonds is 6. The monoisotopic (exact) mass is 320 g/mol. The van der Waals surface area contributed by atoms with Crippen molar-refractivity contribution in [3.8, 4) is 17.2 Å². The smallest absolute Gasteiger partial charge is 0.318 e. The number of benzene rings is 1. The molecule has 0 bridgehead atoms. The Bertz CT molecular complexity index is 689. The Kier molecular flexibility index (Phi) is 4.59. The summed E-state index contributed by atoms with van der Waals surface area (Å²) in [4.78, 5) is 22.3. The van der Waals surface area contributed by atoms with Gasteiger partial charge in [-0.2, -0.15) is 0 Å². The molecule has 0 unspecified atom stereocenters. The van der Waals surface area contributed by atoms with Gasteiger partial charge in [0.25, 0.3) is 0 Å². The van der Waals surface area contributed by atoms with Gasteiger partial charge in [0.05, 0.1) is 19.8 Å². The van der Waals surface area contributed by atoms with Crippen LogP contribution in [0.5, 0.6) is 17.2 Å². The molecular weight excluding hydrogens is 304 g/mol. The number of fused-ring (bicyclic) bond motifs is 1. The van der Waals surface area contributed by atoms with Crippen molar-refractivity contribution in [3.05, 3.63) is 36.1 Å². The van der Waals surface area contributed by atoms with Crippen LogP contribution in [0.1, 0.15) is 12.0 Å². The molecule has 0 radical (unpaired) electrons. The Morgan fingerprint density at radius 1 is 1.22 bits per heavy atom. The van der Waals surface area contributed by atoms with Crippen LogP contribution >= 0.6 is 0 Å². The maximum Gasteiger partial charge on any atom is 0.318 e. The zero-order valence-electron chi connectivity index (χ0n) is 12.7. The van der Waals surface area contributed by atoms with Gasteiger partial charge in [-0.25, -0.2) is 0 Å². The summed E-state index contributed by atoms with van der Waals surface area (Å²) in [6, 6.07) is 3.22. The van der Waals surface area contributed by atoms with Gasteiger partial charge >= 0.3 is 11.9 Å². The summed E-state index contributed by atoms with van der Waals surface area (Å²) in [6.45, 7) is 3.70. The van der Waals surface area contributed by atoms with Crippen LogP contribution in [0.25, 0.3) is 5.57 Å². The van der Waals surface area contributed by atoms with Crippen LogP contribution in [-0.2, 0) is 9.59 Å². The maximum atomic E-state index is 11.2. The van der Waals surface area contributed by atoms with E-state index in [0.717, 1.165) is 0 Å². The summed E-state index contributed by atoms with van der Waals surface area (Å²) < 4.78 is 16.0. The summed E-state index contributed by atoms with van der Waals surface area (Å²) >= 11 is 0. The quantitative estimate of drug-likeness (QED) is 0.774. The molecule has 0 fully saturated rings. The second-order valence-corrected chi connectivity index (χ2v) is 4.87. The van der Waals surface area contributed by atoms with E-state index in [4.69, 9.17) is 24.4 Å². The zero-order chi connectivity index (χ0) is 17.1. The van der Waals surface area contributed by atoms with E-state index in [1.807, 2.05) is 0 Å². The number of methoxy groups -OCH3 is 2. The first kappa shape index (κ1) is 16.4. The molecule has 0 saturated carbocycles. The largest absolute Gasteiger partial charge is 0.496 e. The molecule has 23 heavy (non-hydrogen) atoms. The third-order valence-electron chi connectivity index (χ3n) is 3.41. The number of carbonyl (C=O) groups is 2. The number of ether oxygens (including phenoxy) is 3. The van der Waals surface area contributed by atoms with E-state index >= 15 is 0 Å². The van der Waals surface area contributed by atoms with Gasteiger partial charge in [-0.15, -0.1) is 0 Å². The predicted molar refractivity (Wildman–Crippen MR) is 80.7 cm³/mol. The Morgan fingerprint density at radius 3 is 2.39 bits per heavy atom. The average Bonchev–Trinajstić information content (AvgIpc) is 2.49. The van der Waals surface area contributed by atoms with E-state index in [-0.39, 0.29) is 12.2 Å². The Hall–Kier alpha value is -2.96. The molecule has 1 heterocycles. The fourth-order valence-corrected chi connectivity index (χ4v) is 2.34. The highest BCUT2D eigenvalue weighted by Crippen LogP contribution is 2.44. The number of allylic oxidation sites excluding steroid dienone is 2. The fraction of sp³-hybridized carbons (Fsp3) is 0.250. The van der Waals surface area contributed by atoms with Gasteiger partial charge in [0.2, 0.25) is 0 Å². The molecule has 122 valence electrons. The van der Waals surface area contributed by atoms with Crippen molar-refractivity contribution >= 4 is 17.5 Å². The number of aliphatic carboxylic acids is 2. The minimum atomic E-state index is -1.58. The van der Waals surface area contributed by atoms with Crippen molar-refractivity contribution in [2.75, 3.05) is 14.2 Å². The van der Waals surface area contributed by atoms with Gasteiger partial charge in [-0.05, 0) is 18.1 Å². The van der Waals surface area contributed by atoms with Crippen molar-refractivity contribution < 1.29 is 34.0 Å². The highest BCUT2D eigenvalue weighted by atomic mass is 16.5. The second-order valence-electron chi connectivity index (χ2n) is 4.87. The van der Waals surface area contributed by atoms with Crippen LogP contribution in [0.3, 0.4) is 0 Å². The van der Waals surface area contributed by atoms with Gasteiger partial charge in [-0.3, -0.25) is 9.59 Å². The lowest BCUT2D eigenvalue weighted by Crippen LogP contribution is -2.24. The van der Waals surface area contributed by atoms with Crippen molar-refractivity contribution in [2.24, 2.45) is 5.92 Å². The van der Waals surface area contributed by atoms with Gasteiger partial charge in [0, 0.05) is 12.1 Å². The minimum Gasteiger partial charge on any atom is -0.496 e. The van der Waals surface area contributed by atoms with E-state index < -0.39 is 17.9 Å². The minimum absolute atomic E-state index is 0.220. The first-order valence-electron chi connectivity index (χ1n) is 6.66. The lowest BCUT2D eigenvalue weighted by Gasteiger charge is -2.23. The molecule has 1 aliphatic heterocycles. The molecule has 0 aromatic heterocycles. The molecule has 1 aromatic carbocycles. The molecule has 7 nitrogen and oxygen atoms in total. The molecule has 0 saturated heterocycles. The molecular formula is C16H16O7. The summed E-state index contributed by atoms with van der Waals surface area (Å²) in [7, 11) is 2.93. The number of carboxylic acid groups (broad SMARTS) is 2. The van der Waals surface area contributed by atoms with Gasteiger partial charge in [0.15, 0.2) is 5.92 Å². The number of carboxylic acids is 2. The van der Waals surface area contributed by atoms with Crippen LogP contribution in [-0.4, -0.2) is 36.4 Å². The Morgan fingerprint density at radius 2 is 1.87 bits per heavy atom. The third kappa shape index (κ3) is 3.28. The number of hydrogen-bond acceptors (Lipinski definition) is 5. The van der Waals surface area contributed by atoms with E-state index in [2.05, 4.69) is 6.58 Å². The topological polar surface area (TPSA) is 102 Å². The zero-order valence-corrected chi connectivity index (χ0v) is 12.7. The molecule has 2 rings (SSSR count). The molecule has 0 amide bonds. The van der Waals surface area contributed by atoms with Crippen molar-refractivity contribution in [2.45, 2.75) is 6.42 Å². The molecule has 2 N–H and O–H groups in total. The molecule has 0 atom stereocenters. The molecule has 0 spiro atoms. The molecule has 0 aliphatic carbocycles. The summed E-state index contributed by atoms with van der Waals surface area (Å²) in [5.74, 6) is -2.87. The van der Waals surface area contributed by atoms with Crippen LogP contribution in [0, 0.1) is 5.92 Å². The van der Waals surface area contributed by atoms with E-state index in [1.54, 1.807) is 12.1 Å². The van der Waals surface area contributed by atoms with Crippen LogP contribution in [0.2, 0.25) is 0 Å². The second kappa shape index (κ2) is 6.43. The van der Waals surface area contributed by atoms with E-state index in [0.29, 0.717) is 28.4 Å². The average molecular weight is 320 g/mol. The predicted octanol–water partition coefficient (Wildman–Crippen LogP) is 2.17. The maximum absolute atomic E-state index is 11.2. The summed E-state index contributed by atoms with van der Waals surface area (Å²) in [5.41, 5.74) is 0.957. The third-order valence-corrected chi connectivity index (χ3v) is 3.41. The Balaban J connectivity index is 2.52. The SMILES string of the molecule is C=C1C=C(CC(C(=O)O)C(=O)O)c2c(OC)cc(OC)cc2O1. The van der Waals surface area contributed by atoms with E-state index in [9.17, 15) is 9.59 Å². The molecule has 1 aromatic rings. The van der Waals surface area contributed by atoms with Crippen molar-refractivity contribution in [1.82, 2.24) is 0 Å². The first-order valence-corrected chi connectivity index (χ1v) is 6.66. The summed E-state index contributed by atoms with van der Waals surface area (Å²) in [5, 5.41) is 18.2. The van der Waals surface area contributed by atoms with Crippen molar-refractivity contribution in [3.63, 3.8) is 0 Å². The van der Waals surface area contributed by atoms with Crippen molar-refractivity contribution in [1.29, 1.82) is 0 Å². The van der Waals surface area contributed by atoms with E-state index in [1.165, 1.54) is 20.3 Å². The number of hydrogen-bond donors (Lipinski definition) is 2. The van der Waals surface area contributed by atoms with Gasteiger partial charge in [-0.1, -0.05) is 6.58 Å². The van der Waals surface area contributed by atoms with Crippen LogP contribution < -0.4 is 14.2 Å². The van der Waals surface area contributed by atoms with Gasteiger partial charge < -0.3 is 24.4 Å². The van der Waals surface area contributed by atoms with Gasteiger partial charge in [0.1, 0.15) is 23.0 Å². The normalized spacial score (nSPS) is 13.0. The standard InChI is InChI=1S/C16H16O7/c1-8-4-9(5-11(15(17)18)16(19)20)14-12(22-3)6-10(21-2)7-13(14)23-8/h4,6-7,11H,1,5H2,2-3H3,(H,17,18)(H,19,20). The lowest BCUT2D eigenvalue weighted by molar-refractivity contribution is -0.154. The molecule has 7 heteroatoms. The lowest BCUT2D eigenvalue weighted by atomic mass is 9.91. The fourth-order valence-electron chi connectivity index (χ4n) is 2.34. The van der Waals surface area contributed by atoms with Crippen LogP contribution in [0.4, 0.5) is 0 Å². The first-order chi connectivity index (χ1) is 10.9. The highest BCUT2D eigenvalue weighted by Gasteiger charge is 2.31. The van der Waals surface area contributed by atoms with Crippen LogP contribution in [0.15, 0.2) is 30.5 Å². The summed E-state index contributed by atoms with van der Waals surface area (Å²) in [6.07, 6.45) is 1.29. The molecule has 1 aliphatic rings.